The summed E-state index contributed by atoms with van der Waals surface area (Å²) in [6, 6.07) is 4.30. The van der Waals surface area contributed by atoms with E-state index in [0.717, 1.165) is 4.88 Å². The lowest BCUT2D eigenvalue weighted by atomic mass is 10.1. The van der Waals surface area contributed by atoms with Crippen molar-refractivity contribution in [1.29, 1.82) is 0 Å². The molecule has 0 saturated carbocycles. The number of carbonyl (C=O) groups is 1. The fourth-order valence-electron chi connectivity index (χ4n) is 1.74. The lowest BCUT2D eigenvalue weighted by molar-refractivity contribution is -0.384. The first-order valence-corrected chi connectivity index (χ1v) is 6.98. The number of nitrogens with one attached hydrogen (secondary N) is 1. The Balaban J connectivity index is 2.28. The topological polar surface area (TPSA) is 88.4 Å². The van der Waals surface area contributed by atoms with Crippen molar-refractivity contribution in [2.24, 2.45) is 0 Å². The molecule has 0 bridgehead atoms. The largest absolute Gasteiger partial charge is 0.375 e. The minimum absolute atomic E-state index is 0.0604. The van der Waals surface area contributed by atoms with Crippen molar-refractivity contribution in [3.8, 4) is 0 Å². The summed E-state index contributed by atoms with van der Waals surface area (Å²) in [6.45, 7) is 0.422. The van der Waals surface area contributed by atoms with Crippen LogP contribution in [0.15, 0.2) is 29.9 Å². The summed E-state index contributed by atoms with van der Waals surface area (Å²) in [6.07, 6.45) is 1.69. The minimum atomic E-state index is -0.473. The van der Waals surface area contributed by atoms with Gasteiger partial charge in [0.1, 0.15) is 5.69 Å². The fourth-order valence-corrected chi connectivity index (χ4v) is 2.27. The number of carbonyl (C=O) groups excluding carboxylic acids is 1. The van der Waals surface area contributed by atoms with E-state index in [9.17, 15) is 14.9 Å². The van der Waals surface area contributed by atoms with Crippen LogP contribution in [0.5, 0.6) is 0 Å². The van der Waals surface area contributed by atoms with Crippen LogP contribution in [0.3, 0.4) is 0 Å². The van der Waals surface area contributed by atoms with Crippen LogP contribution in [0, 0.1) is 10.1 Å². The molecule has 1 amide bonds. The van der Waals surface area contributed by atoms with Crippen LogP contribution in [0.2, 0.25) is 0 Å². The third-order valence-corrected chi connectivity index (χ3v) is 3.56. The van der Waals surface area contributed by atoms with Gasteiger partial charge in [0, 0.05) is 36.8 Å². The van der Waals surface area contributed by atoms with E-state index in [0.29, 0.717) is 17.8 Å². The highest BCUT2D eigenvalue weighted by Crippen LogP contribution is 2.26. The predicted molar refractivity (Wildman–Crippen MR) is 80.6 cm³/mol. The van der Waals surface area contributed by atoms with Crippen molar-refractivity contribution in [3.63, 3.8) is 0 Å². The lowest BCUT2D eigenvalue weighted by Gasteiger charge is -2.12. The Morgan fingerprint density at radius 2 is 2.24 bits per heavy atom. The minimum Gasteiger partial charge on any atom is -0.375 e. The molecule has 1 aromatic carbocycles. The second-order valence-electron chi connectivity index (χ2n) is 4.51. The molecule has 8 heteroatoms. The number of nitro benzene ring substituents is 1. The summed E-state index contributed by atoms with van der Waals surface area (Å²) < 4.78 is 0. The quantitative estimate of drug-likeness (QED) is 0.676. The molecule has 0 atom stereocenters. The van der Waals surface area contributed by atoms with Crippen LogP contribution in [-0.2, 0) is 6.54 Å². The number of nitrogens with zero attached hydrogens (tertiary/aromatic N) is 3. The molecule has 1 N–H and O–H groups in total. The van der Waals surface area contributed by atoms with Crippen LogP contribution in [0.4, 0.5) is 11.4 Å². The SMILES string of the molecule is CN(C)C(=O)c1ccc([N+](=O)[O-])c(NCc2cncs2)c1. The number of hydrogen-bond acceptors (Lipinski definition) is 6. The Bertz CT molecular complexity index is 655. The van der Waals surface area contributed by atoms with Gasteiger partial charge in [0.05, 0.1) is 17.0 Å². The first-order chi connectivity index (χ1) is 9.99. The highest BCUT2D eigenvalue weighted by atomic mass is 32.1. The second kappa shape index (κ2) is 6.31. The van der Waals surface area contributed by atoms with Gasteiger partial charge >= 0.3 is 0 Å². The average molecular weight is 306 g/mol. The maximum absolute atomic E-state index is 11.9. The van der Waals surface area contributed by atoms with Crippen molar-refractivity contribution in [3.05, 3.63) is 50.5 Å². The molecular formula is C13H14N4O3S. The molecule has 1 heterocycles. The van der Waals surface area contributed by atoms with Crippen molar-refractivity contribution in [2.75, 3.05) is 19.4 Å². The van der Waals surface area contributed by atoms with Crippen molar-refractivity contribution >= 4 is 28.6 Å². The van der Waals surface area contributed by atoms with Crippen LogP contribution >= 0.6 is 11.3 Å². The molecule has 2 rings (SSSR count). The smallest absolute Gasteiger partial charge is 0.292 e. The van der Waals surface area contributed by atoms with Gasteiger partial charge in [-0.25, -0.2) is 0 Å². The zero-order valence-electron chi connectivity index (χ0n) is 11.6. The van der Waals surface area contributed by atoms with Gasteiger partial charge in [-0.2, -0.15) is 0 Å². The number of thiazole rings is 1. The Kier molecular flexibility index (Phi) is 4.49. The van der Waals surface area contributed by atoms with Gasteiger partial charge in [0.25, 0.3) is 11.6 Å². The van der Waals surface area contributed by atoms with Gasteiger partial charge in [-0.15, -0.1) is 11.3 Å². The number of amides is 1. The van der Waals surface area contributed by atoms with Crippen molar-refractivity contribution in [1.82, 2.24) is 9.88 Å². The number of rotatable bonds is 5. The normalized spacial score (nSPS) is 10.2. The van der Waals surface area contributed by atoms with E-state index in [-0.39, 0.29) is 11.6 Å². The number of aromatic nitrogens is 1. The maximum Gasteiger partial charge on any atom is 0.292 e. The van der Waals surface area contributed by atoms with Crippen LogP contribution in [-0.4, -0.2) is 34.8 Å². The number of hydrogen-bond donors (Lipinski definition) is 1. The van der Waals surface area contributed by atoms with Crippen molar-refractivity contribution in [2.45, 2.75) is 6.54 Å². The van der Waals surface area contributed by atoms with Crippen LogP contribution < -0.4 is 5.32 Å². The molecule has 0 saturated heterocycles. The summed E-state index contributed by atoms with van der Waals surface area (Å²) in [5, 5.41) is 14.0. The standard InChI is InChI=1S/C13H14N4O3S/c1-16(2)13(18)9-3-4-12(17(19)20)11(5-9)15-7-10-6-14-8-21-10/h3-6,8,15H,7H2,1-2H3. The number of anilines is 1. The Hall–Kier alpha value is -2.48. The van der Waals surface area contributed by atoms with E-state index in [1.54, 1.807) is 25.8 Å². The summed E-state index contributed by atoms with van der Waals surface area (Å²) >= 11 is 1.45. The van der Waals surface area contributed by atoms with E-state index in [1.165, 1.54) is 34.4 Å². The fraction of sp³-hybridized carbons (Fsp3) is 0.231. The third kappa shape index (κ3) is 3.54. The van der Waals surface area contributed by atoms with E-state index in [1.807, 2.05) is 0 Å². The van der Waals surface area contributed by atoms with E-state index in [4.69, 9.17) is 0 Å². The van der Waals surface area contributed by atoms with Gasteiger partial charge in [0.15, 0.2) is 0 Å². The van der Waals surface area contributed by atoms with Gasteiger partial charge in [-0.3, -0.25) is 19.9 Å². The lowest BCUT2D eigenvalue weighted by Crippen LogP contribution is -2.21. The molecule has 0 aliphatic rings. The summed E-state index contributed by atoms with van der Waals surface area (Å²) in [5.41, 5.74) is 2.35. The second-order valence-corrected chi connectivity index (χ2v) is 5.48. The predicted octanol–water partition coefficient (Wildman–Crippen LogP) is 2.37. The summed E-state index contributed by atoms with van der Waals surface area (Å²) in [5.74, 6) is -0.203. The molecule has 2 aromatic rings. The van der Waals surface area contributed by atoms with E-state index in [2.05, 4.69) is 10.3 Å². The molecule has 110 valence electrons. The highest BCUT2D eigenvalue weighted by Gasteiger charge is 2.17. The zero-order chi connectivity index (χ0) is 15.4. The Morgan fingerprint density at radius 1 is 1.48 bits per heavy atom. The maximum atomic E-state index is 11.9. The first kappa shape index (κ1) is 14.9. The molecule has 0 radical (unpaired) electrons. The summed E-state index contributed by atoms with van der Waals surface area (Å²) in [4.78, 5) is 28.8. The molecule has 0 aliphatic carbocycles. The molecule has 1 aromatic heterocycles. The highest BCUT2D eigenvalue weighted by molar-refractivity contribution is 7.09. The third-order valence-electron chi connectivity index (χ3n) is 2.78. The van der Waals surface area contributed by atoms with Crippen molar-refractivity contribution < 1.29 is 9.72 Å². The summed E-state index contributed by atoms with van der Waals surface area (Å²) in [7, 11) is 3.27. The molecule has 0 aliphatic heterocycles. The molecule has 0 spiro atoms. The van der Waals surface area contributed by atoms with E-state index >= 15 is 0 Å². The molecule has 21 heavy (non-hydrogen) atoms. The van der Waals surface area contributed by atoms with Gasteiger partial charge in [-0.05, 0) is 12.1 Å². The van der Waals surface area contributed by atoms with Gasteiger partial charge in [-0.1, -0.05) is 0 Å². The van der Waals surface area contributed by atoms with Gasteiger partial charge in [0.2, 0.25) is 0 Å². The van der Waals surface area contributed by atoms with Crippen LogP contribution in [0.1, 0.15) is 15.2 Å². The average Bonchev–Trinajstić information content (AvgIpc) is 2.97. The monoisotopic (exact) mass is 306 g/mol. The van der Waals surface area contributed by atoms with Gasteiger partial charge < -0.3 is 10.2 Å². The molecular weight excluding hydrogens is 292 g/mol. The molecule has 0 unspecified atom stereocenters. The Labute approximate surface area is 125 Å². The molecule has 0 fully saturated rings. The number of benzene rings is 1. The van der Waals surface area contributed by atoms with E-state index < -0.39 is 4.92 Å². The first-order valence-electron chi connectivity index (χ1n) is 6.10. The zero-order valence-corrected chi connectivity index (χ0v) is 12.4. The number of nitro groups is 1. The Morgan fingerprint density at radius 3 is 2.81 bits per heavy atom. The van der Waals surface area contributed by atoms with Crippen LogP contribution in [0.25, 0.3) is 0 Å². The molecule has 7 nitrogen and oxygen atoms in total.